The van der Waals surface area contributed by atoms with Gasteiger partial charge in [0.25, 0.3) is 5.91 Å². The molecule has 0 radical (unpaired) electrons. The van der Waals surface area contributed by atoms with Gasteiger partial charge in [-0.25, -0.2) is 8.42 Å². The number of carbonyl (C=O) groups is 1. The highest BCUT2D eigenvalue weighted by Gasteiger charge is 2.19. The fourth-order valence-electron chi connectivity index (χ4n) is 2.42. The predicted octanol–water partition coefficient (Wildman–Crippen LogP) is 3.86. The fourth-order valence-corrected chi connectivity index (χ4v) is 3.88. The number of halogens is 1. The second kappa shape index (κ2) is 8.24. The maximum Gasteiger partial charge on any atom is 0.322 e. The Morgan fingerprint density at radius 2 is 1.86 bits per heavy atom. The Kier molecular flexibility index (Phi) is 5.95. The van der Waals surface area contributed by atoms with Crippen molar-refractivity contribution >= 4 is 37.7 Å². The molecule has 0 saturated carbocycles. The zero-order valence-electron chi connectivity index (χ0n) is 15.2. The van der Waals surface area contributed by atoms with Gasteiger partial charge in [-0.1, -0.05) is 39.2 Å². The molecule has 0 unspecified atom stereocenters. The number of aromatic nitrogens is 2. The van der Waals surface area contributed by atoms with Crippen LogP contribution in [0.3, 0.4) is 0 Å². The smallest absolute Gasteiger partial charge is 0.322 e. The van der Waals surface area contributed by atoms with Gasteiger partial charge in [-0.3, -0.25) is 10.1 Å². The topological polar surface area (TPSA) is 102 Å². The van der Waals surface area contributed by atoms with Crippen molar-refractivity contribution in [2.24, 2.45) is 0 Å². The number of hydrogen-bond acceptors (Lipinski definition) is 6. The Balaban J connectivity index is 1.67. The molecule has 0 aliphatic carbocycles. The van der Waals surface area contributed by atoms with Crippen molar-refractivity contribution in [3.05, 3.63) is 70.0 Å². The zero-order chi connectivity index (χ0) is 20.3. The van der Waals surface area contributed by atoms with Crippen LogP contribution in [0.15, 0.2) is 62.3 Å². The number of hydrogen-bond donors (Lipinski definition) is 1. The van der Waals surface area contributed by atoms with Crippen molar-refractivity contribution < 1.29 is 17.6 Å². The van der Waals surface area contributed by atoms with Crippen LogP contribution >= 0.6 is 15.9 Å². The lowest BCUT2D eigenvalue weighted by molar-refractivity contribution is 0.102. The van der Waals surface area contributed by atoms with E-state index in [2.05, 4.69) is 31.4 Å². The monoisotopic (exact) mass is 463 g/mol. The van der Waals surface area contributed by atoms with E-state index in [-0.39, 0.29) is 16.8 Å². The van der Waals surface area contributed by atoms with Crippen LogP contribution < -0.4 is 5.32 Å². The highest BCUT2D eigenvalue weighted by Crippen LogP contribution is 2.19. The van der Waals surface area contributed by atoms with Gasteiger partial charge in [-0.2, -0.15) is 0 Å². The van der Waals surface area contributed by atoms with Crippen molar-refractivity contribution in [3.8, 4) is 0 Å². The third-order valence-electron chi connectivity index (χ3n) is 4.00. The van der Waals surface area contributed by atoms with E-state index in [1.807, 2.05) is 6.07 Å². The lowest BCUT2D eigenvalue weighted by atomic mass is 10.1. The van der Waals surface area contributed by atoms with Crippen LogP contribution in [0, 0.1) is 0 Å². The molecule has 9 heteroatoms. The summed E-state index contributed by atoms with van der Waals surface area (Å²) in [7, 11) is -3.31. The molecule has 2 aromatic carbocycles. The zero-order valence-corrected chi connectivity index (χ0v) is 17.6. The highest BCUT2D eigenvalue weighted by molar-refractivity contribution is 9.10. The van der Waals surface area contributed by atoms with Gasteiger partial charge in [-0.15, -0.1) is 5.10 Å². The minimum Gasteiger partial charge on any atom is -0.407 e. The lowest BCUT2D eigenvalue weighted by Gasteiger charge is -2.08. The number of amides is 1. The second-order valence-electron chi connectivity index (χ2n) is 6.38. The molecule has 3 rings (SSSR count). The number of nitrogens with zero attached hydrogens (tertiary/aromatic N) is 2. The van der Waals surface area contributed by atoms with E-state index in [0.29, 0.717) is 17.9 Å². The van der Waals surface area contributed by atoms with Crippen LogP contribution in [-0.4, -0.2) is 29.8 Å². The first-order valence-electron chi connectivity index (χ1n) is 8.48. The standard InChI is InChI=1S/C19H18BrN3O4S/c1-12(2)28(25,26)16-8-6-13(7-9-16)10-17-22-23-19(27-17)21-18(24)14-4-3-5-15(20)11-14/h3-9,11-12H,10H2,1-2H3,(H,21,23,24). The summed E-state index contributed by atoms with van der Waals surface area (Å²) in [5.41, 5.74) is 1.27. The first-order valence-corrected chi connectivity index (χ1v) is 10.8. The Labute approximate surface area is 171 Å². The number of sulfone groups is 1. The molecule has 28 heavy (non-hydrogen) atoms. The molecule has 1 N–H and O–H groups in total. The van der Waals surface area contributed by atoms with E-state index in [9.17, 15) is 13.2 Å². The number of carbonyl (C=O) groups excluding carboxylic acids is 1. The van der Waals surface area contributed by atoms with Crippen LogP contribution in [0.5, 0.6) is 0 Å². The van der Waals surface area contributed by atoms with Gasteiger partial charge in [0, 0.05) is 10.0 Å². The quantitative estimate of drug-likeness (QED) is 0.595. The largest absolute Gasteiger partial charge is 0.407 e. The van der Waals surface area contributed by atoms with Gasteiger partial charge in [0.2, 0.25) is 5.89 Å². The predicted molar refractivity (Wildman–Crippen MR) is 108 cm³/mol. The summed E-state index contributed by atoms with van der Waals surface area (Å²) in [5, 5.41) is 9.81. The van der Waals surface area contributed by atoms with Crippen LogP contribution in [0.2, 0.25) is 0 Å². The molecule has 1 heterocycles. The molecule has 1 amide bonds. The Morgan fingerprint density at radius 3 is 2.50 bits per heavy atom. The maximum absolute atomic E-state index is 12.2. The molecule has 146 valence electrons. The molecule has 1 aromatic heterocycles. The third-order valence-corrected chi connectivity index (χ3v) is 6.67. The van der Waals surface area contributed by atoms with Crippen molar-refractivity contribution in [1.29, 1.82) is 0 Å². The number of anilines is 1. The normalized spacial score (nSPS) is 11.6. The molecule has 7 nitrogen and oxygen atoms in total. The fraction of sp³-hybridized carbons (Fsp3) is 0.211. The maximum atomic E-state index is 12.2. The highest BCUT2D eigenvalue weighted by atomic mass is 79.9. The number of nitrogens with one attached hydrogen (secondary N) is 1. The van der Waals surface area contributed by atoms with Gasteiger partial charge >= 0.3 is 6.01 Å². The molecular weight excluding hydrogens is 446 g/mol. The summed E-state index contributed by atoms with van der Waals surface area (Å²) in [6.07, 6.45) is 0.321. The Hall–Kier alpha value is -2.52. The first kappa shape index (κ1) is 20.2. The molecule has 0 bridgehead atoms. The second-order valence-corrected chi connectivity index (χ2v) is 9.80. The number of rotatable bonds is 6. The number of benzene rings is 2. The van der Waals surface area contributed by atoms with Gasteiger partial charge in [0.15, 0.2) is 9.84 Å². The molecule has 0 aliphatic rings. The van der Waals surface area contributed by atoms with E-state index in [0.717, 1.165) is 10.0 Å². The summed E-state index contributed by atoms with van der Waals surface area (Å²) in [6.45, 7) is 3.29. The third kappa shape index (κ3) is 4.66. The summed E-state index contributed by atoms with van der Waals surface area (Å²) in [4.78, 5) is 12.5. The van der Waals surface area contributed by atoms with Gasteiger partial charge in [0.1, 0.15) is 0 Å². The summed E-state index contributed by atoms with van der Waals surface area (Å²) in [6, 6.07) is 13.5. The van der Waals surface area contributed by atoms with E-state index in [1.54, 1.807) is 56.3 Å². The SMILES string of the molecule is CC(C)S(=O)(=O)c1ccc(Cc2nnc(NC(=O)c3cccc(Br)c3)o2)cc1. The molecule has 0 fully saturated rings. The van der Waals surface area contributed by atoms with E-state index in [4.69, 9.17) is 4.42 Å². The summed E-state index contributed by atoms with van der Waals surface area (Å²) >= 11 is 3.31. The summed E-state index contributed by atoms with van der Waals surface area (Å²) < 4.78 is 30.6. The molecule has 0 saturated heterocycles. The first-order chi connectivity index (χ1) is 13.3. The van der Waals surface area contributed by atoms with Crippen LogP contribution in [0.25, 0.3) is 0 Å². The van der Waals surface area contributed by atoms with Crippen LogP contribution in [0.1, 0.15) is 35.7 Å². The lowest BCUT2D eigenvalue weighted by Crippen LogP contribution is -2.13. The van der Waals surface area contributed by atoms with Crippen molar-refractivity contribution in [3.63, 3.8) is 0 Å². The average molecular weight is 464 g/mol. The van der Waals surface area contributed by atoms with Crippen molar-refractivity contribution in [2.45, 2.75) is 30.4 Å². The molecule has 0 spiro atoms. The minimum absolute atomic E-state index is 0.000943. The van der Waals surface area contributed by atoms with E-state index in [1.165, 1.54) is 0 Å². The van der Waals surface area contributed by atoms with E-state index < -0.39 is 15.1 Å². The van der Waals surface area contributed by atoms with Crippen molar-refractivity contribution in [1.82, 2.24) is 10.2 Å². The Morgan fingerprint density at radius 1 is 1.14 bits per heavy atom. The average Bonchev–Trinajstić information content (AvgIpc) is 3.08. The Bertz CT molecular complexity index is 1090. The van der Waals surface area contributed by atoms with Gasteiger partial charge < -0.3 is 4.42 Å². The molecule has 0 aliphatic heterocycles. The van der Waals surface area contributed by atoms with E-state index >= 15 is 0 Å². The minimum atomic E-state index is -3.31. The van der Waals surface area contributed by atoms with Crippen LogP contribution in [-0.2, 0) is 16.3 Å². The molecular formula is C19H18BrN3O4S. The molecule has 0 atom stereocenters. The molecule has 3 aromatic rings. The van der Waals surface area contributed by atoms with Crippen molar-refractivity contribution in [2.75, 3.05) is 5.32 Å². The van der Waals surface area contributed by atoms with Crippen LogP contribution in [0.4, 0.5) is 6.01 Å². The van der Waals surface area contributed by atoms with Gasteiger partial charge in [-0.05, 0) is 49.7 Å². The summed E-state index contributed by atoms with van der Waals surface area (Å²) in [5.74, 6) is -0.0521. The van der Waals surface area contributed by atoms with Gasteiger partial charge in [0.05, 0.1) is 16.6 Å².